The Morgan fingerprint density at radius 1 is 1.54 bits per heavy atom. The fourth-order valence-electron chi connectivity index (χ4n) is 1.98. The average molecular weight is 185 g/mol. The van der Waals surface area contributed by atoms with Gasteiger partial charge in [0, 0.05) is 31.7 Å². The van der Waals surface area contributed by atoms with Gasteiger partial charge >= 0.3 is 0 Å². The molecule has 3 heteroatoms. The van der Waals surface area contributed by atoms with E-state index in [1.165, 1.54) is 13.1 Å². The van der Waals surface area contributed by atoms with Crippen molar-refractivity contribution in [3.05, 3.63) is 0 Å². The van der Waals surface area contributed by atoms with Crippen LogP contribution in [-0.2, 0) is 0 Å². The second kappa shape index (κ2) is 4.94. The summed E-state index contributed by atoms with van der Waals surface area (Å²) in [6, 6.07) is 1.31. The lowest BCUT2D eigenvalue weighted by Crippen LogP contribution is -2.58. The van der Waals surface area contributed by atoms with Crippen molar-refractivity contribution in [3.8, 4) is 0 Å². The Balaban J connectivity index is 2.53. The van der Waals surface area contributed by atoms with E-state index in [0.29, 0.717) is 12.1 Å². The Bertz CT molecular complexity index is 145. The largest absolute Gasteiger partial charge is 0.314 e. The van der Waals surface area contributed by atoms with E-state index < -0.39 is 0 Å². The zero-order valence-corrected chi connectivity index (χ0v) is 9.38. The predicted molar refractivity (Wildman–Crippen MR) is 57.1 cm³/mol. The van der Waals surface area contributed by atoms with Crippen molar-refractivity contribution in [1.29, 1.82) is 0 Å². The van der Waals surface area contributed by atoms with Gasteiger partial charge in [-0.15, -0.1) is 0 Å². The van der Waals surface area contributed by atoms with Crippen LogP contribution in [-0.4, -0.2) is 62.2 Å². The van der Waals surface area contributed by atoms with Crippen LogP contribution in [0.15, 0.2) is 0 Å². The van der Waals surface area contributed by atoms with Gasteiger partial charge in [-0.25, -0.2) is 0 Å². The summed E-state index contributed by atoms with van der Waals surface area (Å²) >= 11 is 0. The van der Waals surface area contributed by atoms with E-state index in [9.17, 15) is 0 Å². The van der Waals surface area contributed by atoms with Gasteiger partial charge in [0.25, 0.3) is 0 Å². The fourth-order valence-corrected chi connectivity index (χ4v) is 1.98. The van der Waals surface area contributed by atoms with Crippen molar-refractivity contribution in [1.82, 2.24) is 15.1 Å². The summed E-state index contributed by atoms with van der Waals surface area (Å²) in [4.78, 5) is 4.88. The van der Waals surface area contributed by atoms with Crippen molar-refractivity contribution in [2.75, 3.05) is 40.3 Å². The molecule has 1 N–H and O–H groups in total. The number of hydrogen-bond acceptors (Lipinski definition) is 3. The Kier molecular flexibility index (Phi) is 4.16. The standard InChI is InChI=1S/C10H23N3/c1-5-13-7-6-11-8-10(13)9(2)12(3)4/h9-11H,5-8H2,1-4H3. The summed E-state index contributed by atoms with van der Waals surface area (Å²) in [5, 5.41) is 3.47. The van der Waals surface area contributed by atoms with E-state index >= 15 is 0 Å². The van der Waals surface area contributed by atoms with Crippen LogP contribution < -0.4 is 5.32 Å². The number of nitrogens with zero attached hydrogens (tertiary/aromatic N) is 2. The zero-order valence-electron chi connectivity index (χ0n) is 9.38. The van der Waals surface area contributed by atoms with Crippen LogP contribution in [0.4, 0.5) is 0 Å². The maximum Gasteiger partial charge on any atom is 0.0373 e. The first-order valence-corrected chi connectivity index (χ1v) is 5.28. The lowest BCUT2D eigenvalue weighted by atomic mass is 10.1. The molecule has 1 saturated heterocycles. The van der Waals surface area contributed by atoms with Crippen molar-refractivity contribution in [2.24, 2.45) is 0 Å². The van der Waals surface area contributed by atoms with Crippen LogP contribution in [0.5, 0.6) is 0 Å². The molecule has 0 aromatic carbocycles. The van der Waals surface area contributed by atoms with Gasteiger partial charge in [0.05, 0.1) is 0 Å². The monoisotopic (exact) mass is 185 g/mol. The predicted octanol–water partition coefficient (Wildman–Crippen LogP) is 0.230. The first-order chi connectivity index (χ1) is 6.16. The SMILES string of the molecule is CCN1CCNCC1C(C)N(C)C. The van der Waals surface area contributed by atoms with Crippen LogP contribution in [0.1, 0.15) is 13.8 Å². The topological polar surface area (TPSA) is 18.5 Å². The molecule has 0 amide bonds. The summed E-state index contributed by atoms with van der Waals surface area (Å²) < 4.78 is 0. The highest BCUT2D eigenvalue weighted by molar-refractivity contribution is 4.86. The highest BCUT2D eigenvalue weighted by Gasteiger charge is 2.26. The van der Waals surface area contributed by atoms with Gasteiger partial charge in [-0.05, 0) is 27.6 Å². The third-order valence-electron chi connectivity index (χ3n) is 3.18. The molecule has 0 aromatic heterocycles. The lowest BCUT2D eigenvalue weighted by Gasteiger charge is -2.41. The Morgan fingerprint density at radius 2 is 2.23 bits per heavy atom. The van der Waals surface area contributed by atoms with Gasteiger partial charge < -0.3 is 10.2 Å². The molecule has 2 unspecified atom stereocenters. The summed E-state index contributed by atoms with van der Waals surface area (Å²) in [5.41, 5.74) is 0. The maximum atomic E-state index is 3.47. The van der Waals surface area contributed by atoms with E-state index in [0.717, 1.165) is 13.1 Å². The van der Waals surface area contributed by atoms with Gasteiger partial charge in [-0.3, -0.25) is 4.90 Å². The number of likely N-dealkylation sites (N-methyl/N-ethyl adjacent to an activating group) is 2. The molecule has 0 bridgehead atoms. The maximum absolute atomic E-state index is 3.47. The molecule has 2 atom stereocenters. The number of rotatable bonds is 3. The molecule has 0 spiro atoms. The van der Waals surface area contributed by atoms with Gasteiger partial charge in [0.15, 0.2) is 0 Å². The molecule has 0 aromatic rings. The minimum absolute atomic E-state index is 0.632. The number of nitrogens with one attached hydrogen (secondary N) is 1. The molecule has 3 nitrogen and oxygen atoms in total. The van der Waals surface area contributed by atoms with Crippen molar-refractivity contribution in [2.45, 2.75) is 25.9 Å². The van der Waals surface area contributed by atoms with E-state index in [4.69, 9.17) is 0 Å². The first kappa shape index (κ1) is 11.0. The number of hydrogen-bond donors (Lipinski definition) is 1. The Labute approximate surface area is 82.1 Å². The van der Waals surface area contributed by atoms with Crippen molar-refractivity contribution in [3.63, 3.8) is 0 Å². The van der Waals surface area contributed by atoms with Gasteiger partial charge in [-0.2, -0.15) is 0 Å². The quantitative estimate of drug-likeness (QED) is 0.679. The summed E-state index contributed by atoms with van der Waals surface area (Å²) in [6.07, 6.45) is 0. The van der Waals surface area contributed by atoms with Gasteiger partial charge in [0.1, 0.15) is 0 Å². The second-order valence-corrected chi connectivity index (χ2v) is 4.10. The minimum Gasteiger partial charge on any atom is -0.314 e. The van der Waals surface area contributed by atoms with Crippen LogP contribution >= 0.6 is 0 Å². The highest BCUT2D eigenvalue weighted by Crippen LogP contribution is 2.10. The van der Waals surface area contributed by atoms with Crippen LogP contribution in [0.2, 0.25) is 0 Å². The smallest absolute Gasteiger partial charge is 0.0373 e. The molecule has 0 radical (unpaired) electrons. The zero-order chi connectivity index (χ0) is 9.84. The fraction of sp³-hybridized carbons (Fsp3) is 1.00. The average Bonchev–Trinajstić information content (AvgIpc) is 2.16. The Morgan fingerprint density at radius 3 is 2.77 bits per heavy atom. The molecular weight excluding hydrogens is 162 g/mol. The summed E-state index contributed by atoms with van der Waals surface area (Å²) in [6.45, 7) is 9.20. The molecule has 1 heterocycles. The van der Waals surface area contributed by atoms with Crippen LogP contribution in [0.25, 0.3) is 0 Å². The van der Waals surface area contributed by atoms with Gasteiger partial charge in [-0.1, -0.05) is 6.92 Å². The van der Waals surface area contributed by atoms with Crippen molar-refractivity contribution >= 4 is 0 Å². The second-order valence-electron chi connectivity index (χ2n) is 4.10. The third kappa shape index (κ3) is 2.66. The Hall–Kier alpha value is -0.120. The third-order valence-corrected chi connectivity index (χ3v) is 3.18. The molecule has 0 saturated carbocycles. The summed E-state index contributed by atoms with van der Waals surface area (Å²) in [5.74, 6) is 0. The highest BCUT2D eigenvalue weighted by atomic mass is 15.3. The minimum atomic E-state index is 0.632. The molecule has 1 rings (SSSR count). The molecule has 13 heavy (non-hydrogen) atoms. The first-order valence-electron chi connectivity index (χ1n) is 5.28. The summed E-state index contributed by atoms with van der Waals surface area (Å²) in [7, 11) is 4.32. The van der Waals surface area contributed by atoms with Crippen LogP contribution in [0.3, 0.4) is 0 Å². The molecular formula is C10H23N3. The molecule has 78 valence electrons. The van der Waals surface area contributed by atoms with E-state index in [1.807, 2.05) is 0 Å². The molecule has 1 fully saturated rings. The van der Waals surface area contributed by atoms with E-state index in [2.05, 4.69) is 43.1 Å². The van der Waals surface area contributed by atoms with Gasteiger partial charge in [0.2, 0.25) is 0 Å². The van der Waals surface area contributed by atoms with E-state index in [-0.39, 0.29) is 0 Å². The number of piperazine rings is 1. The lowest BCUT2D eigenvalue weighted by molar-refractivity contribution is 0.0980. The molecule has 1 aliphatic heterocycles. The van der Waals surface area contributed by atoms with E-state index in [1.54, 1.807) is 0 Å². The molecule has 0 aliphatic carbocycles. The van der Waals surface area contributed by atoms with Crippen LogP contribution in [0, 0.1) is 0 Å². The van der Waals surface area contributed by atoms with Crippen molar-refractivity contribution < 1.29 is 0 Å². The molecule has 1 aliphatic rings. The normalized spacial score (nSPS) is 27.9.